The van der Waals surface area contributed by atoms with E-state index in [9.17, 15) is 4.79 Å². The molecule has 0 radical (unpaired) electrons. The summed E-state index contributed by atoms with van der Waals surface area (Å²) in [4.78, 5) is 10.2. The Bertz CT molecular complexity index is 179. The molecule has 0 saturated carbocycles. The first-order chi connectivity index (χ1) is 5.52. The molecule has 2 N–H and O–H groups in total. The van der Waals surface area contributed by atoms with Crippen LogP contribution in [0.2, 0.25) is 0 Å². The van der Waals surface area contributed by atoms with Gasteiger partial charge in [0.25, 0.3) is 0 Å². The molecule has 1 unspecified atom stereocenters. The van der Waals surface area contributed by atoms with E-state index in [0.717, 1.165) is 13.0 Å². The highest BCUT2D eigenvalue weighted by molar-refractivity contribution is 5.68. The fourth-order valence-corrected chi connectivity index (χ4v) is 1.46. The summed E-state index contributed by atoms with van der Waals surface area (Å²) in [6.07, 6.45) is 0.911. The smallest absolute Gasteiger partial charge is 0.329 e. The van der Waals surface area contributed by atoms with Gasteiger partial charge >= 0.3 is 5.97 Å². The van der Waals surface area contributed by atoms with Crippen LogP contribution in [0.15, 0.2) is 0 Å². The van der Waals surface area contributed by atoms with E-state index in [0.29, 0.717) is 0 Å². The molecule has 0 bridgehead atoms. The monoisotopic (exact) mass is 173 g/mol. The molecule has 0 spiro atoms. The molecule has 1 fully saturated rings. The van der Waals surface area contributed by atoms with Gasteiger partial charge in [0.1, 0.15) is 6.61 Å². The molecule has 1 aliphatic heterocycles. The van der Waals surface area contributed by atoms with Crippen molar-refractivity contribution >= 4 is 5.97 Å². The molecule has 0 aromatic heterocycles. The Balaban J connectivity index is 2.36. The maximum absolute atomic E-state index is 10.2. The molecule has 1 heterocycles. The van der Waals surface area contributed by atoms with Gasteiger partial charge in [0, 0.05) is 5.54 Å². The molecule has 1 aliphatic rings. The standard InChI is InChI=1S/C8H15NO3/c1-8(2)6(3-4-9-8)12-5-7(10)11/h6,9H,3-5H2,1-2H3,(H,10,11). The summed E-state index contributed by atoms with van der Waals surface area (Å²) >= 11 is 0. The molecule has 0 aromatic carbocycles. The van der Waals surface area contributed by atoms with Gasteiger partial charge in [-0.1, -0.05) is 0 Å². The van der Waals surface area contributed by atoms with Crippen molar-refractivity contribution in [1.29, 1.82) is 0 Å². The lowest BCUT2D eigenvalue weighted by Gasteiger charge is -2.26. The minimum atomic E-state index is -0.905. The molecular formula is C8H15NO3. The zero-order chi connectivity index (χ0) is 9.19. The van der Waals surface area contributed by atoms with Crippen LogP contribution in [0.4, 0.5) is 0 Å². The van der Waals surface area contributed by atoms with Gasteiger partial charge in [0.15, 0.2) is 0 Å². The summed E-state index contributed by atoms with van der Waals surface area (Å²) < 4.78 is 5.22. The largest absolute Gasteiger partial charge is 0.480 e. The molecule has 1 saturated heterocycles. The van der Waals surface area contributed by atoms with Crippen molar-refractivity contribution < 1.29 is 14.6 Å². The summed E-state index contributed by atoms with van der Waals surface area (Å²) in [6.45, 7) is 4.74. The first-order valence-electron chi connectivity index (χ1n) is 4.11. The molecule has 0 aliphatic carbocycles. The van der Waals surface area contributed by atoms with Gasteiger partial charge in [-0.3, -0.25) is 0 Å². The minimum absolute atomic E-state index is 0.0219. The van der Waals surface area contributed by atoms with Crippen molar-refractivity contribution in [3.63, 3.8) is 0 Å². The van der Waals surface area contributed by atoms with Crippen molar-refractivity contribution in [1.82, 2.24) is 5.32 Å². The maximum atomic E-state index is 10.2. The quantitative estimate of drug-likeness (QED) is 0.641. The lowest BCUT2D eigenvalue weighted by Crippen LogP contribution is -2.43. The Kier molecular flexibility index (Phi) is 2.69. The number of hydrogen-bond donors (Lipinski definition) is 2. The van der Waals surface area contributed by atoms with E-state index in [1.807, 2.05) is 13.8 Å². The average Bonchev–Trinajstić information content (AvgIpc) is 2.25. The van der Waals surface area contributed by atoms with E-state index in [1.54, 1.807) is 0 Å². The second kappa shape index (κ2) is 3.41. The van der Waals surface area contributed by atoms with Crippen molar-refractivity contribution in [2.24, 2.45) is 0 Å². The molecule has 1 atom stereocenters. The van der Waals surface area contributed by atoms with Crippen LogP contribution >= 0.6 is 0 Å². The van der Waals surface area contributed by atoms with E-state index < -0.39 is 5.97 Å². The average molecular weight is 173 g/mol. The van der Waals surface area contributed by atoms with Crippen molar-refractivity contribution in [2.45, 2.75) is 31.9 Å². The summed E-state index contributed by atoms with van der Waals surface area (Å²) in [5.41, 5.74) is -0.0878. The van der Waals surface area contributed by atoms with E-state index in [1.165, 1.54) is 0 Å². The third-order valence-electron chi connectivity index (χ3n) is 2.20. The summed E-state index contributed by atoms with van der Waals surface area (Å²) in [5, 5.41) is 11.7. The van der Waals surface area contributed by atoms with E-state index in [2.05, 4.69) is 5.32 Å². The number of ether oxygens (including phenoxy) is 1. The first kappa shape index (κ1) is 9.48. The molecular weight excluding hydrogens is 158 g/mol. The Morgan fingerprint density at radius 3 is 2.83 bits per heavy atom. The van der Waals surface area contributed by atoms with Gasteiger partial charge in [-0.15, -0.1) is 0 Å². The Morgan fingerprint density at radius 2 is 2.42 bits per heavy atom. The van der Waals surface area contributed by atoms with Crippen molar-refractivity contribution in [2.75, 3.05) is 13.2 Å². The zero-order valence-corrected chi connectivity index (χ0v) is 7.46. The third-order valence-corrected chi connectivity index (χ3v) is 2.20. The van der Waals surface area contributed by atoms with Gasteiger partial charge in [0.2, 0.25) is 0 Å². The summed E-state index contributed by atoms with van der Waals surface area (Å²) in [6, 6.07) is 0. The minimum Gasteiger partial charge on any atom is -0.480 e. The lowest BCUT2D eigenvalue weighted by atomic mass is 10.0. The molecule has 12 heavy (non-hydrogen) atoms. The third kappa shape index (κ3) is 2.19. The van der Waals surface area contributed by atoms with Crippen molar-refractivity contribution in [3.05, 3.63) is 0 Å². The van der Waals surface area contributed by atoms with E-state index >= 15 is 0 Å². The molecule has 70 valence electrons. The SMILES string of the molecule is CC1(C)NCCC1OCC(=O)O. The fraction of sp³-hybridized carbons (Fsp3) is 0.875. The number of rotatable bonds is 3. The van der Waals surface area contributed by atoms with E-state index in [4.69, 9.17) is 9.84 Å². The van der Waals surface area contributed by atoms with Crippen molar-refractivity contribution in [3.8, 4) is 0 Å². The van der Waals surface area contributed by atoms with E-state index in [-0.39, 0.29) is 18.2 Å². The van der Waals surface area contributed by atoms with Crippen LogP contribution in [0, 0.1) is 0 Å². The molecule has 1 rings (SSSR count). The zero-order valence-electron chi connectivity index (χ0n) is 7.46. The van der Waals surface area contributed by atoms with Crippen LogP contribution in [0.25, 0.3) is 0 Å². The lowest BCUT2D eigenvalue weighted by molar-refractivity contribution is -0.145. The van der Waals surface area contributed by atoms with Gasteiger partial charge < -0.3 is 15.2 Å². The summed E-state index contributed by atoms with van der Waals surface area (Å²) in [5.74, 6) is -0.905. The second-order valence-electron chi connectivity index (χ2n) is 3.63. The number of carboxylic acid groups (broad SMARTS) is 1. The first-order valence-corrected chi connectivity index (χ1v) is 4.11. The number of aliphatic carboxylic acids is 1. The predicted octanol–water partition coefficient (Wildman–Crippen LogP) is 0.228. The number of hydrogen-bond acceptors (Lipinski definition) is 3. The number of carbonyl (C=O) groups is 1. The molecule has 0 aromatic rings. The van der Waals surface area contributed by atoms with Gasteiger partial charge in [-0.25, -0.2) is 4.79 Å². The highest BCUT2D eigenvalue weighted by atomic mass is 16.5. The highest BCUT2D eigenvalue weighted by Gasteiger charge is 2.34. The Labute approximate surface area is 71.9 Å². The Hall–Kier alpha value is -0.610. The number of nitrogens with one attached hydrogen (secondary N) is 1. The van der Waals surface area contributed by atoms with Crippen LogP contribution in [0.1, 0.15) is 20.3 Å². The van der Waals surface area contributed by atoms with Gasteiger partial charge in [-0.2, -0.15) is 0 Å². The molecule has 4 heteroatoms. The molecule has 0 amide bonds. The second-order valence-corrected chi connectivity index (χ2v) is 3.63. The van der Waals surface area contributed by atoms with Crippen LogP contribution < -0.4 is 5.32 Å². The van der Waals surface area contributed by atoms with Crippen LogP contribution in [-0.2, 0) is 9.53 Å². The maximum Gasteiger partial charge on any atom is 0.329 e. The van der Waals surface area contributed by atoms with Gasteiger partial charge in [-0.05, 0) is 26.8 Å². The summed E-state index contributed by atoms with van der Waals surface area (Å²) in [7, 11) is 0. The predicted molar refractivity (Wildman–Crippen MR) is 44.1 cm³/mol. The normalized spacial score (nSPS) is 27.3. The Morgan fingerprint density at radius 1 is 1.75 bits per heavy atom. The van der Waals surface area contributed by atoms with Gasteiger partial charge in [0.05, 0.1) is 6.10 Å². The fourth-order valence-electron chi connectivity index (χ4n) is 1.46. The molecule has 4 nitrogen and oxygen atoms in total. The van der Waals surface area contributed by atoms with Crippen LogP contribution in [0.5, 0.6) is 0 Å². The highest BCUT2D eigenvalue weighted by Crippen LogP contribution is 2.21. The van der Waals surface area contributed by atoms with Crippen LogP contribution in [0.3, 0.4) is 0 Å². The number of carboxylic acids is 1. The topological polar surface area (TPSA) is 58.6 Å². The van der Waals surface area contributed by atoms with Crippen LogP contribution in [-0.4, -0.2) is 35.9 Å².